The van der Waals surface area contributed by atoms with Gasteiger partial charge < -0.3 is 5.32 Å². The predicted molar refractivity (Wildman–Crippen MR) is 69.1 cm³/mol. The number of hydrogen-bond acceptors (Lipinski definition) is 8. The van der Waals surface area contributed by atoms with Crippen molar-refractivity contribution in [3.8, 4) is 0 Å². The van der Waals surface area contributed by atoms with Crippen LogP contribution in [-0.4, -0.2) is 26.6 Å². The lowest BCUT2D eigenvalue weighted by atomic mass is 10.4. The summed E-state index contributed by atoms with van der Waals surface area (Å²) in [6.07, 6.45) is 0. The Morgan fingerprint density at radius 2 is 2.39 bits per heavy atom. The molecule has 7 nitrogen and oxygen atoms in total. The highest BCUT2D eigenvalue weighted by Crippen LogP contribution is 2.34. The highest BCUT2D eigenvalue weighted by atomic mass is 32.2. The molecule has 0 unspecified atom stereocenters. The number of hydrogen-bond donors (Lipinski definition) is 1. The first-order valence-electron chi connectivity index (χ1n) is 5.04. The minimum absolute atomic E-state index is 0.0307. The monoisotopic (exact) mass is 283 g/mol. The van der Waals surface area contributed by atoms with Crippen molar-refractivity contribution >= 4 is 34.6 Å². The first kappa shape index (κ1) is 12.7. The van der Waals surface area contributed by atoms with Crippen LogP contribution in [0.5, 0.6) is 0 Å². The maximum Gasteiger partial charge on any atom is 0.301 e. The van der Waals surface area contributed by atoms with Crippen molar-refractivity contribution in [2.45, 2.75) is 16.3 Å². The molecular weight excluding hydrogens is 274 g/mol. The number of nitrogens with one attached hydrogen (secondary N) is 1. The van der Waals surface area contributed by atoms with Crippen LogP contribution in [-0.2, 0) is 0 Å². The van der Waals surface area contributed by atoms with Crippen LogP contribution in [0.3, 0.4) is 0 Å². The molecule has 1 N–H and O–H groups in total. The summed E-state index contributed by atoms with van der Waals surface area (Å²) in [4.78, 5) is 14.7. The van der Waals surface area contributed by atoms with Gasteiger partial charge in [-0.1, -0.05) is 11.3 Å². The smallest absolute Gasteiger partial charge is 0.301 e. The lowest BCUT2D eigenvalue weighted by Crippen LogP contribution is -2.01. The Morgan fingerprint density at radius 1 is 1.56 bits per heavy atom. The van der Waals surface area contributed by atoms with Crippen LogP contribution in [0.2, 0.25) is 0 Å². The van der Waals surface area contributed by atoms with E-state index in [2.05, 4.69) is 20.5 Å². The zero-order valence-electron chi connectivity index (χ0n) is 9.36. The molecule has 94 valence electrons. The Kier molecular flexibility index (Phi) is 4.05. The minimum Gasteiger partial charge on any atom is -0.370 e. The largest absolute Gasteiger partial charge is 0.370 e. The van der Waals surface area contributed by atoms with Crippen LogP contribution in [0.15, 0.2) is 27.0 Å². The average Bonchev–Trinajstić information content (AvgIpc) is 2.82. The van der Waals surface area contributed by atoms with E-state index >= 15 is 0 Å². The number of nitrogens with zero attached hydrogens (tertiary/aromatic N) is 4. The summed E-state index contributed by atoms with van der Waals surface area (Å²) in [5, 5.41) is 21.8. The van der Waals surface area contributed by atoms with Crippen molar-refractivity contribution in [3.63, 3.8) is 0 Å². The van der Waals surface area contributed by atoms with Gasteiger partial charge in [0.2, 0.25) is 0 Å². The molecule has 0 spiro atoms. The summed E-state index contributed by atoms with van der Waals surface area (Å²) in [6.45, 7) is 2.63. The lowest BCUT2D eigenvalue weighted by Gasteiger charge is -2.04. The molecule has 9 heteroatoms. The summed E-state index contributed by atoms with van der Waals surface area (Å²) in [5.74, 6) is 0.607. The van der Waals surface area contributed by atoms with E-state index in [4.69, 9.17) is 0 Å². The van der Waals surface area contributed by atoms with Gasteiger partial charge in [-0.3, -0.25) is 10.1 Å². The minimum atomic E-state index is -0.452. The van der Waals surface area contributed by atoms with Crippen LogP contribution in [0.1, 0.15) is 6.92 Å². The molecule has 0 aliphatic rings. The van der Waals surface area contributed by atoms with Crippen molar-refractivity contribution < 1.29 is 4.92 Å². The molecule has 0 saturated carbocycles. The summed E-state index contributed by atoms with van der Waals surface area (Å²) in [6, 6.07) is 3.03. The van der Waals surface area contributed by atoms with E-state index in [1.807, 2.05) is 6.92 Å². The molecule has 0 saturated heterocycles. The van der Waals surface area contributed by atoms with Gasteiger partial charge in [0.05, 0.1) is 4.92 Å². The van der Waals surface area contributed by atoms with Crippen molar-refractivity contribution in [2.75, 3.05) is 11.9 Å². The fourth-order valence-electron chi connectivity index (χ4n) is 1.22. The number of anilines is 1. The molecule has 18 heavy (non-hydrogen) atoms. The van der Waals surface area contributed by atoms with Gasteiger partial charge in [0.25, 0.3) is 0 Å². The molecule has 0 aliphatic heterocycles. The molecule has 0 amide bonds. The normalized spacial score (nSPS) is 10.3. The van der Waals surface area contributed by atoms with Gasteiger partial charge in [-0.05, 0) is 24.8 Å². The topological polar surface area (TPSA) is 93.8 Å². The van der Waals surface area contributed by atoms with E-state index in [1.54, 1.807) is 11.6 Å². The average molecular weight is 283 g/mol. The van der Waals surface area contributed by atoms with Gasteiger partial charge >= 0.3 is 5.69 Å². The van der Waals surface area contributed by atoms with Gasteiger partial charge in [0.1, 0.15) is 11.3 Å². The van der Waals surface area contributed by atoms with Gasteiger partial charge in [-0.15, -0.1) is 10.2 Å². The molecule has 0 aliphatic carbocycles. The number of nitro groups is 1. The van der Waals surface area contributed by atoms with Crippen molar-refractivity contribution in [1.29, 1.82) is 0 Å². The van der Waals surface area contributed by atoms with Gasteiger partial charge in [-0.2, -0.15) is 0 Å². The molecule has 2 rings (SSSR count). The van der Waals surface area contributed by atoms with Gasteiger partial charge in [0.15, 0.2) is 9.37 Å². The second-order valence-electron chi connectivity index (χ2n) is 3.11. The zero-order chi connectivity index (χ0) is 13.0. The molecule has 0 fully saturated rings. The Balaban J connectivity index is 2.34. The van der Waals surface area contributed by atoms with Crippen LogP contribution >= 0.6 is 23.1 Å². The molecule has 2 heterocycles. The number of rotatable bonds is 5. The summed E-state index contributed by atoms with van der Waals surface area (Å²) in [7, 11) is 0. The van der Waals surface area contributed by atoms with Crippen LogP contribution < -0.4 is 5.32 Å². The van der Waals surface area contributed by atoms with E-state index in [9.17, 15) is 10.1 Å². The fraction of sp³-hybridized carbons (Fsp3) is 0.222. The van der Waals surface area contributed by atoms with Crippen molar-refractivity contribution in [1.82, 2.24) is 15.2 Å². The number of aromatic nitrogens is 3. The molecule has 2 aromatic heterocycles. The first-order chi connectivity index (χ1) is 8.70. The van der Waals surface area contributed by atoms with Gasteiger partial charge in [0, 0.05) is 12.6 Å². The van der Waals surface area contributed by atoms with Crippen molar-refractivity contribution in [2.24, 2.45) is 0 Å². The Hall–Kier alpha value is -1.74. The zero-order valence-corrected chi connectivity index (χ0v) is 11.0. The summed E-state index contributed by atoms with van der Waals surface area (Å²) < 4.78 is 0.624. The van der Waals surface area contributed by atoms with E-state index in [0.717, 1.165) is 11.8 Å². The van der Waals surface area contributed by atoms with E-state index < -0.39 is 4.92 Å². The molecule has 0 atom stereocenters. The summed E-state index contributed by atoms with van der Waals surface area (Å²) >= 11 is 2.46. The van der Waals surface area contributed by atoms with Crippen LogP contribution in [0.25, 0.3) is 0 Å². The molecular formula is C9H9N5O2S2. The fourth-order valence-corrected chi connectivity index (χ4v) is 2.70. The van der Waals surface area contributed by atoms with E-state index in [1.165, 1.54) is 17.4 Å². The Morgan fingerprint density at radius 3 is 3.00 bits per heavy atom. The second kappa shape index (κ2) is 5.74. The van der Waals surface area contributed by atoms with E-state index in [-0.39, 0.29) is 5.69 Å². The highest BCUT2D eigenvalue weighted by molar-refractivity contribution is 8.01. The Bertz CT molecular complexity index is 546. The number of pyridine rings is 1. The standard InChI is InChI=1S/C9H9N5O2S2/c1-2-10-7-4-3-6(14(15)16)8(12-7)18-9-13-11-5-17-9/h3-5H,2H2,1H3,(H,10,12). The third kappa shape index (κ3) is 2.93. The maximum absolute atomic E-state index is 10.9. The lowest BCUT2D eigenvalue weighted by molar-refractivity contribution is -0.388. The molecule has 0 radical (unpaired) electrons. The maximum atomic E-state index is 10.9. The molecule has 2 aromatic rings. The molecule has 0 bridgehead atoms. The quantitative estimate of drug-likeness (QED) is 0.665. The Labute approximate surface area is 111 Å². The second-order valence-corrected chi connectivity index (χ2v) is 5.18. The SMILES string of the molecule is CCNc1ccc([N+](=O)[O-])c(Sc2nncs2)n1. The van der Waals surface area contributed by atoms with E-state index in [0.29, 0.717) is 21.7 Å². The third-order valence-corrected chi connectivity index (χ3v) is 3.69. The predicted octanol–water partition coefficient (Wildman–Crippen LogP) is 2.42. The van der Waals surface area contributed by atoms with Gasteiger partial charge in [-0.25, -0.2) is 4.98 Å². The highest BCUT2D eigenvalue weighted by Gasteiger charge is 2.18. The molecule has 0 aromatic carbocycles. The summed E-state index contributed by atoms with van der Waals surface area (Å²) in [5.41, 5.74) is 1.54. The van der Waals surface area contributed by atoms with Crippen LogP contribution in [0, 0.1) is 10.1 Å². The van der Waals surface area contributed by atoms with Crippen LogP contribution in [0.4, 0.5) is 11.5 Å². The first-order valence-corrected chi connectivity index (χ1v) is 6.73. The van der Waals surface area contributed by atoms with Crippen molar-refractivity contribution in [3.05, 3.63) is 27.8 Å². The third-order valence-electron chi connectivity index (χ3n) is 1.92.